The van der Waals surface area contributed by atoms with Gasteiger partial charge in [-0.1, -0.05) is 129 Å². The molecule has 1 aliphatic carbocycles. The second kappa shape index (κ2) is 11.1. The predicted octanol–water partition coefficient (Wildman–Crippen LogP) is 12.2. The minimum Gasteiger partial charge on any atom is -0.456 e. The van der Waals surface area contributed by atoms with Gasteiger partial charge in [0.1, 0.15) is 11.2 Å². The van der Waals surface area contributed by atoms with E-state index in [1.165, 1.54) is 27.6 Å². The molecule has 0 saturated carbocycles. The lowest BCUT2D eigenvalue weighted by molar-refractivity contribution is 0.661. The van der Waals surface area contributed by atoms with E-state index in [0.717, 1.165) is 60.6 Å². The fraction of sp³-hybridized carbons (Fsp3) is 0.0625. The Morgan fingerprint density at radius 1 is 0.434 bits per heavy atom. The molecule has 53 heavy (non-hydrogen) atoms. The molecule has 7 aromatic carbocycles. The lowest BCUT2D eigenvalue weighted by atomic mass is 9.82. The van der Waals surface area contributed by atoms with Gasteiger partial charge in [0.2, 0.25) is 5.95 Å². The average Bonchev–Trinajstić information content (AvgIpc) is 3.82. The first kappa shape index (κ1) is 29.8. The van der Waals surface area contributed by atoms with Crippen molar-refractivity contribution >= 4 is 43.7 Å². The Bertz CT molecular complexity index is 3100. The molecule has 0 amide bonds. The lowest BCUT2D eigenvalue weighted by Crippen LogP contribution is -2.15. The third-order valence-corrected chi connectivity index (χ3v) is 11.1. The maximum Gasteiger partial charge on any atom is 0.238 e. The standard InChI is InChI=1S/C48H32N4O/c1-48(2)39-20-9-6-17-33(39)37-27-38-34-18-7-10-21-41(34)52(42(38)28-40(37)48)47-50-45(31-16-12-15-30(25-31)29-13-4-3-5-14-29)49-46(51-47)32-23-24-36-35-19-8-11-22-43(35)53-44(36)26-32/h3-28H,1-2H3. The molecule has 0 atom stereocenters. The van der Waals surface area contributed by atoms with Crippen LogP contribution < -0.4 is 0 Å². The van der Waals surface area contributed by atoms with Crippen molar-refractivity contribution in [2.75, 3.05) is 0 Å². The van der Waals surface area contributed by atoms with Crippen LogP contribution in [0, 0.1) is 0 Å². The molecule has 5 heteroatoms. The number of fused-ring (bicyclic) bond motifs is 9. The summed E-state index contributed by atoms with van der Waals surface area (Å²) in [5.41, 5.74) is 12.9. The molecule has 0 radical (unpaired) electrons. The summed E-state index contributed by atoms with van der Waals surface area (Å²) in [5, 5.41) is 4.48. The molecular formula is C48H32N4O. The smallest absolute Gasteiger partial charge is 0.238 e. The Balaban J connectivity index is 1.18. The van der Waals surface area contributed by atoms with Crippen LogP contribution in [-0.2, 0) is 5.41 Å². The molecule has 0 aliphatic heterocycles. The molecular weight excluding hydrogens is 649 g/mol. The van der Waals surface area contributed by atoms with Gasteiger partial charge in [-0.2, -0.15) is 9.97 Å². The second-order valence-electron chi connectivity index (χ2n) is 14.5. The molecule has 1 aliphatic rings. The zero-order valence-electron chi connectivity index (χ0n) is 29.2. The summed E-state index contributed by atoms with van der Waals surface area (Å²) < 4.78 is 8.55. The highest BCUT2D eigenvalue weighted by atomic mass is 16.3. The fourth-order valence-electron chi connectivity index (χ4n) is 8.44. The molecule has 0 bridgehead atoms. The minimum absolute atomic E-state index is 0.156. The number of aromatic nitrogens is 4. The van der Waals surface area contributed by atoms with Crippen LogP contribution in [0.15, 0.2) is 162 Å². The summed E-state index contributed by atoms with van der Waals surface area (Å²) in [7, 11) is 0. The van der Waals surface area contributed by atoms with E-state index in [9.17, 15) is 0 Å². The van der Waals surface area contributed by atoms with Gasteiger partial charge in [-0.3, -0.25) is 4.57 Å². The maximum absolute atomic E-state index is 6.32. The van der Waals surface area contributed by atoms with Gasteiger partial charge < -0.3 is 4.42 Å². The molecule has 0 N–H and O–H groups in total. The molecule has 0 fully saturated rings. The molecule has 3 heterocycles. The highest BCUT2D eigenvalue weighted by Gasteiger charge is 2.36. The number of hydrogen-bond acceptors (Lipinski definition) is 4. The van der Waals surface area contributed by atoms with E-state index in [-0.39, 0.29) is 5.41 Å². The zero-order valence-corrected chi connectivity index (χ0v) is 29.2. The average molecular weight is 681 g/mol. The van der Waals surface area contributed by atoms with Gasteiger partial charge in [0.25, 0.3) is 0 Å². The summed E-state index contributed by atoms with van der Waals surface area (Å²) in [6.45, 7) is 4.65. The van der Waals surface area contributed by atoms with Gasteiger partial charge >= 0.3 is 0 Å². The van der Waals surface area contributed by atoms with Crippen LogP contribution in [0.1, 0.15) is 25.0 Å². The predicted molar refractivity (Wildman–Crippen MR) is 215 cm³/mol. The van der Waals surface area contributed by atoms with Gasteiger partial charge in [-0.05, 0) is 75.8 Å². The quantitative estimate of drug-likeness (QED) is 0.186. The number of hydrogen-bond donors (Lipinski definition) is 0. The van der Waals surface area contributed by atoms with Crippen LogP contribution in [-0.4, -0.2) is 19.5 Å². The van der Waals surface area contributed by atoms with E-state index >= 15 is 0 Å². The number of rotatable bonds is 4. The van der Waals surface area contributed by atoms with E-state index in [2.05, 4.69) is 152 Å². The van der Waals surface area contributed by atoms with Gasteiger partial charge in [-0.25, -0.2) is 4.98 Å². The van der Waals surface area contributed by atoms with E-state index < -0.39 is 0 Å². The van der Waals surface area contributed by atoms with Crippen LogP contribution in [0.5, 0.6) is 0 Å². The molecule has 0 unspecified atom stereocenters. The van der Waals surface area contributed by atoms with Crippen molar-refractivity contribution in [2.24, 2.45) is 0 Å². The van der Waals surface area contributed by atoms with E-state index in [4.69, 9.17) is 19.4 Å². The van der Waals surface area contributed by atoms with Crippen LogP contribution in [0.3, 0.4) is 0 Å². The van der Waals surface area contributed by atoms with Crippen LogP contribution in [0.25, 0.3) is 94.7 Å². The van der Waals surface area contributed by atoms with Crippen molar-refractivity contribution in [3.05, 3.63) is 169 Å². The van der Waals surface area contributed by atoms with Crippen molar-refractivity contribution in [1.82, 2.24) is 19.5 Å². The highest BCUT2D eigenvalue weighted by Crippen LogP contribution is 2.51. The van der Waals surface area contributed by atoms with Crippen LogP contribution in [0.2, 0.25) is 0 Å². The molecule has 3 aromatic heterocycles. The van der Waals surface area contributed by atoms with Crippen molar-refractivity contribution < 1.29 is 4.42 Å². The van der Waals surface area contributed by atoms with Gasteiger partial charge in [-0.15, -0.1) is 0 Å². The van der Waals surface area contributed by atoms with Gasteiger partial charge in [0.15, 0.2) is 11.6 Å². The fourth-order valence-corrected chi connectivity index (χ4v) is 8.44. The topological polar surface area (TPSA) is 56.7 Å². The number of para-hydroxylation sites is 2. The molecule has 250 valence electrons. The SMILES string of the molecule is CC1(C)c2ccccc2-c2cc3c4ccccc4n(-c4nc(-c5cccc(-c6ccccc6)c5)nc(-c5ccc6c(c5)oc5ccccc56)n4)c3cc21. The highest BCUT2D eigenvalue weighted by molar-refractivity contribution is 6.11. The first-order valence-corrected chi connectivity index (χ1v) is 18.0. The summed E-state index contributed by atoms with van der Waals surface area (Å²) in [5.74, 6) is 1.75. The third kappa shape index (κ3) is 4.47. The largest absolute Gasteiger partial charge is 0.456 e. The molecule has 5 nitrogen and oxygen atoms in total. The zero-order chi connectivity index (χ0) is 35.3. The lowest BCUT2D eigenvalue weighted by Gasteiger charge is -2.21. The maximum atomic E-state index is 6.32. The molecule has 11 rings (SSSR count). The van der Waals surface area contributed by atoms with Crippen molar-refractivity contribution in [1.29, 1.82) is 0 Å². The second-order valence-corrected chi connectivity index (χ2v) is 14.5. The Kier molecular flexibility index (Phi) is 6.23. The Hall–Kier alpha value is -6.85. The van der Waals surface area contributed by atoms with Crippen LogP contribution in [0.4, 0.5) is 0 Å². The van der Waals surface area contributed by atoms with Crippen molar-refractivity contribution in [3.63, 3.8) is 0 Å². The number of benzene rings is 7. The monoisotopic (exact) mass is 680 g/mol. The third-order valence-electron chi connectivity index (χ3n) is 11.1. The summed E-state index contributed by atoms with van der Waals surface area (Å²) in [4.78, 5) is 15.7. The summed E-state index contributed by atoms with van der Waals surface area (Å²) >= 11 is 0. The van der Waals surface area contributed by atoms with Crippen molar-refractivity contribution in [2.45, 2.75) is 19.3 Å². The molecule has 0 spiro atoms. The minimum atomic E-state index is -0.156. The van der Waals surface area contributed by atoms with Gasteiger partial charge in [0, 0.05) is 38.1 Å². The van der Waals surface area contributed by atoms with Crippen molar-refractivity contribution in [3.8, 4) is 51.0 Å². The van der Waals surface area contributed by atoms with Gasteiger partial charge in [0.05, 0.1) is 11.0 Å². The molecule has 0 saturated heterocycles. The summed E-state index contributed by atoms with van der Waals surface area (Å²) in [6, 6.07) is 55.4. The van der Waals surface area contributed by atoms with E-state index in [1.807, 2.05) is 24.3 Å². The Morgan fingerprint density at radius 2 is 1.11 bits per heavy atom. The Morgan fingerprint density at radius 3 is 1.98 bits per heavy atom. The van der Waals surface area contributed by atoms with E-state index in [0.29, 0.717) is 17.6 Å². The first-order chi connectivity index (χ1) is 26.0. The first-order valence-electron chi connectivity index (χ1n) is 18.0. The normalized spacial score (nSPS) is 13.2. The number of furan rings is 1. The Labute approximate surface area is 305 Å². The molecule has 10 aromatic rings. The number of nitrogens with zero attached hydrogens (tertiary/aromatic N) is 4. The summed E-state index contributed by atoms with van der Waals surface area (Å²) in [6.07, 6.45) is 0. The van der Waals surface area contributed by atoms with Crippen LogP contribution >= 0.6 is 0 Å². The van der Waals surface area contributed by atoms with E-state index in [1.54, 1.807) is 0 Å².